The van der Waals surface area contributed by atoms with Crippen LogP contribution in [0.1, 0.15) is 48.8 Å². The fourth-order valence-corrected chi connectivity index (χ4v) is 8.96. The zero-order valence-electron chi connectivity index (χ0n) is 32.5. The number of thiazole rings is 1. The lowest BCUT2D eigenvalue weighted by Gasteiger charge is -2.49. The van der Waals surface area contributed by atoms with Crippen LogP contribution in [-0.2, 0) is 47.8 Å². The highest BCUT2D eigenvalue weighted by Crippen LogP contribution is 2.42. The van der Waals surface area contributed by atoms with Gasteiger partial charge in [-0.15, -0.1) is 33.3 Å². The summed E-state index contributed by atoms with van der Waals surface area (Å²) in [7, 11) is 0. The van der Waals surface area contributed by atoms with Crippen LogP contribution in [0.2, 0.25) is 0 Å². The molecule has 0 bridgehead atoms. The summed E-state index contributed by atoms with van der Waals surface area (Å²) < 4.78 is 25.7. The van der Waals surface area contributed by atoms with Gasteiger partial charge in [0.25, 0.3) is 23.6 Å². The molecule has 23 nitrogen and oxygen atoms in total. The number of aryl methyl sites for hydroxylation is 1. The molecule has 0 radical (unpaired) electrons. The third kappa shape index (κ3) is 12.1. The number of esters is 3. The number of aromatic nitrogens is 3. The van der Waals surface area contributed by atoms with Crippen LogP contribution in [0, 0.1) is 6.92 Å². The molecule has 61 heavy (non-hydrogen) atoms. The first-order valence-electron chi connectivity index (χ1n) is 17.5. The van der Waals surface area contributed by atoms with Crippen molar-refractivity contribution in [3.8, 4) is 11.5 Å². The number of nitrogen functional groups attached to an aromatic ring is 1. The fourth-order valence-electron chi connectivity index (χ4n) is 5.11. The third-order valence-corrected chi connectivity index (χ3v) is 11.6. The normalized spacial score (nSPS) is 16.2. The highest BCUT2D eigenvalue weighted by molar-refractivity contribution is 8.01. The number of carbonyl (C=O) groups is 8. The molecule has 324 valence electrons. The highest BCUT2D eigenvalue weighted by atomic mass is 32.2. The maximum atomic E-state index is 13.7. The van der Waals surface area contributed by atoms with Crippen molar-refractivity contribution in [2.75, 3.05) is 30.5 Å². The Morgan fingerprint density at radius 1 is 1.05 bits per heavy atom. The summed E-state index contributed by atoms with van der Waals surface area (Å²) in [6.07, 6.45) is -2.44. The number of hydrogen-bond acceptors (Lipinski definition) is 23. The van der Waals surface area contributed by atoms with Crippen molar-refractivity contribution in [1.29, 1.82) is 0 Å². The van der Waals surface area contributed by atoms with Gasteiger partial charge in [0.2, 0.25) is 6.29 Å². The number of benzene rings is 1. The first kappa shape index (κ1) is 45.8. The summed E-state index contributed by atoms with van der Waals surface area (Å²) in [4.78, 5) is 111. The minimum atomic E-state index is -1.38. The van der Waals surface area contributed by atoms with Crippen LogP contribution in [0.5, 0.6) is 11.5 Å². The molecular formula is C34H35N9O14S4. The van der Waals surface area contributed by atoms with Gasteiger partial charge in [0, 0.05) is 43.2 Å². The van der Waals surface area contributed by atoms with E-state index >= 15 is 0 Å². The number of nitrogens with zero attached hydrogens (tertiary/aromatic N) is 5. The Morgan fingerprint density at radius 3 is 2.44 bits per heavy atom. The number of thioether (sulfide) groups is 2. The topological polar surface area (TPSA) is 308 Å². The molecule has 5 rings (SSSR count). The smallest absolute Gasteiger partial charge is 0.435 e. The molecule has 3 atom stereocenters. The van der Waals surface area contributed by atoms with Gasteiger partial charge in [-0.1, -0.05) is 28.3 Å². The minimum absolute atomic E-state index is 0.0242. The van der Waals surface area contributed by atoms with Gasteiger partial charge in [-0.05, 0) is 37.6 Å². The molecule has 1 aromatic carbocycles. The first-order chi connectivity index (χ1) is 29.0. The number of carbonyl (C=O) groups excluding carboxylic acids is 8. The molecule has 2 aliphatic rings. The molecule has 3 aromatic rings. The molecule has 5 N–H and O–H groups in total. The van der Waals surface area contributed by atoms with Crippen LogP contribution in [0.15, 0.2) is 44.3 Å². The van der Waals surface area contributed by atoms with Gasteiger partial charge >= 0.3 is 24.1 Å². The number of hydrogen-bond donors (Lipinski definition) is 4. The lowest BCUT2D eigenvalue weighted by atomic mass is 10.0. The van der Waals surface area contributed by atoms with E-state index in [2.05, 4.69) is 36.5 Å². The standard InChI is InChI=1S/C34H35N9O14S4/c1-6-52-34(51)57-17(5)56-31(50)26-19(12-60-33-41-38-14(2)61-33)11-58-30-25(29(49)43(26)30)37-28(48)24(20-13-59-32(35)36-20)42-53-10-23(46)39-40-27(47)18-7-8-21(54-15(3)44)22(9-18)55-16(4)45/h7-9,13,17,25,30H,6,10-12H2,1-5H3,(H2,35,36)(H,37,48)(H,39,46)(H,40,47)/t17?,25?,30-/m1/s1. The van der Waals surface area contributed by atoms with Crippen molar-refractivity contribution < 1.29 is 66.9 Å². The van der Waals surface area contributed by atoms with Gasteiger partial charge in [0.15, 0.2) is 33.3 Å². The second-order valence-electron chi connectivity index (χ2n) is 12.1. The zero-order chi connectivity index (χ0) is 44.4. The summed E-state index contributed by atoms with van der Waals surface area (Å²) in [6, 6.07) is 2.38. The number of fused-ring (bicyclic) bond motifs is 1. The van der Waals surface area contributed by atoms with Crippen molar-refractivity contribution >= 4 is 105 Å². The van der Waals surface area contributed by atoms with Crippen molar-refractivity contribution in [1.82, 2.24) is 36.2 Å². The molecule has 0 aliphatic carbocycles. The van der Waals surface area contributed by atoms with Gasteiger partial charge in [0.05, 0.1) is 6.61 Å². The van der Waals surface area contributed by atoms with Crippen molar-refractivity contribution in [3.63, 3.8) is 0 Å². The van der Waals surface area contributed by atoms with Crippen LogP contribution >= 0.6 is 46.2 Å². The highest BCUT2D eigenvalue weighted by Gasteiger charge is 2.55. The van der Waals surface area contributed by atoms with E-state index in [1.165, 1.54) is 64.2 Å². The second-order valence-corrected chi connectivity index (χ2v) is 16.5. The Bertz CT molecular complexity index is 2300. The van der Waals surface area contributed by atoms with Gasteiger partial charge in [-0.2, -0.15) is 0 Å². The van der Waals surface area contributed by atoms with Crippen LogP contribution in [0.3, 0.4) is 0 Å². The van der Waals surface area contributed by atoms with Crippen LogP contribution in [0.4, 0.5) is 9.93 Å². The molecular weight excluding hydrogens is 887 g/mol. The van der Waals surface area contributed by atoms with E-state index in [1.54, 1.807) is 13.8 Å². The Balaban J connectivity index is 1.25. The van der Waals surface area contributed by atoms with E-state index in [1.807, 2.05) is 0 Å². The number of ether oxygens (including phenoxy) is 5. The van der Waals surface area contributed by atoms with E-state index < -0.39 is 77.7 Å². The summed E-state index contributed by atoms with van der Waals surface area (Å²) in [5.74, 6) is -5.72. The number of oxime groups is 1. The number of nitrogens with two attached hydrogens (primary N) is 1. The molecule has 4 amide bonds. The van der Waals surface area contributed by atoms with Crippen LogP contribution in [-0.4, -0.2) is 116 Å². The molecule has 2 unspecified atom stereocenters. The van der Waals surface area contributed by atoms with Crippen LogP contribution in [0.25, 0.3) is 0 Å². The van der Waals surface area contributed by atoms with E-state index in [0.717, 1.165) is 36.3 Å². The number of nitrogens with one attached hydrogen (secondary N) is 3. The lowest BCUT2D eigenvalue weighted by molar-refractivity contribution is -0.169. The number of anilines is 1. The molecule has 1 saturated heterocycles. The number of amides is 4. The molecule has 2 aliphatic heterocycles. The molecule has 1 fully saturated rings. The third-order valence-electron chi connectivity index (χ3n) is 7.56. The van der Waals surface area contributed by atoms with Crippen molar-refractivity contribution in [2.45, 2.75) is 56.7 Å². The lowest BCUT2D eigenvalue weighted by Crippen LogP contribution is -2.71. The molecule has 27 heteroatoms. The number of β-lactam (4-membered cyclic amide) rings is 1. The summed E-state index contributed by atoms with van der Waals surface area (Å²) >= 11 is 4.87. The maximum Gasteiger partial charge on any atom is 0.511 e. The Morgan fingerprint density at radius 2 is 1.79 bits per heavy atom. The van der Waals surface area contributed by atoms with E-state index in [-0.39, 0.29) is 51.7 Å². The first-order valence-corrected chi connectivity index (χ1v) is 21.2. The fraction of sp³-hybridized carbons (Fsp3) is 0.353. The largest absolute Gasteiger partial charge is 0.511 e. The quantitative estimate of drug-likeness (QED) is 0.0300. The molecule has 4 heterocycles. The maximum absolute atomic E-state index is 13.7. The number of rotatable bonds is 16. The minimum Gasteiger partial charge on any atom is -0.435 e. The van der Waals surface area contributed by atoms with Crippen molar-refractivity contribution in [3.05, 3.63) is 51.1 Å². The Kier molecular flexibility index (Phi) is 15.6. The van der Waals surface area contributed by atoms with Gasteiger partial charge in [-0.25, -0.2) is 14.6 Å². The van der Waals surface area contributed by atoms with Gasteiger partial charge < -0.3 is 39.6 Å². The summed E-state index contributed by atoms with van der Waals surface area (Å²) in [5.41, 5.74) is 9.80. The Labute approximate surface area is 361 Å². The van der Waals surface area contributed by atoms with Crippen molar-refractivity contribution in [2.24, 2.45) is 5.16 Å². The predicted octanol–water partition coefficient (Wildman–Crippen LogP) is 1.43. The van der Waals surface area contributed by atoms with Crippen LogP contribution < -0.4 is 31.4 Å². The molecule has 0 spiro atoms. The van der Waals surface area contributed by atoms with E-state index in [4.69, 9.17) is 34.3 Å². The zero-order valence-corrected chi connectivity index (χ0v) is 35.8. The average molecular weight is 922 g/mol. The van der Waals surface area contributed by atoms with E-state index in [9.17, 15) is 38.4 Å². The summed E-state index contributed by atoms with van der Waals surface area (Å²) in [5, 5.41) is 15.8. The second kappa shape index (κ2) is 20.8. The van der Waals surface area contributed by atoms with E-state index in [0.29, 0.717) is 9.91 Å². The SMILES string of the molecule is CCOC(=O)OC(C)OC(=O)C1=C(CSc2nnc(C)s2)CS[C@@H]2C(NC(=O)C(=NOCC(=O)NNC(=O)c3ccc(OC(C)=O)c(OC(C)=O)c3)c3csc(N)n3)C(=O)N12. The number of hydrazine groups is 1. The predicted molar refractivity (Wildman–Crippen MR) is 215 cm³/mol. The van der Waals surface area contributed by atoms with Gasteiger partial charge in [-0.3, -0.25) is 44.5 Å². The molecule has 2 aromatic heterocycles. The van der Waals surface area contributed by atoms with Gasteiger partial charge in [0.1, 0.15) is 27.8 Å². The Hall–Kier alpha value is -6.32. The monoisotopic (exact) mass is 921 g/mol. The molecule has 0 saturated carbocycles. The summed E-state index contributed by atoms with van der Waals surface area (Å²) in [6.45, 7) is 6.09. The average Bonchev–Trinajstić information content (AvgIpc) is 3.83.